The third kappa shape index (κ3) is 1.46. The van der Waals surface area contributed by atoms with Crippen molar-refractivity contribution in [3.8, 4) is 0 Å². The first-order valence-electron chi connectivity index (χ1n) is 3.71. The van der Waals surface area contributed by atoms with Gasteiger partial charge in [-0.3, -0.25) is 4.99 Å². The third-order valence-electron chi connectivity index (χ3n) is 1.75. The Morgan fingerprint density at radius 1 is 1.50 bits per heavy atom. The first-order chi connectivity index (χ1) is 5.66. The minimum Gasteiger partial charge on any atom is -0.312 e. The molecule has 0 saturated carbocycles. The number of hydrogen-bond acceptors (Lipinski definition) is 3. The molecule has 0 atom stereocenters. The number of hydrogen-bond donors (Lipinski definition) is 1. The number of nitrogens with two attached hydrogens (primary N) is 1. The Morgan fingerprint density at radius 3 is 2.58 bits per heavy atom. The van der Waals surface area contributed by atoms with Crippen LogP contribution in [0.3, 0.4) is 0 Å². The molecular weight excluding hydrogens is 150 g/mol. The molecule has 0 aliphatic carbocycles. The molecule has 1 aromatic carbocycles. The van der Waals surface area contributed by atoms with E-state index in [1.165, 1.54) is 5.01 Å². The van der Waals surface area contributed by atoms with Gasteiger partial charge in [0.05, 0.1) is 11.4 Å². The van der Waals surface area contributed by atoms with Crippen molar-refractivity contribution in [2.24, 2.45) is 10.8 Å². The second-order valence-electron chi connectivity index (χ2n) is 2.71. The molecule has 2 N–H and O–H groups in total. The van der Waals surface area contributed by atoms with E-state index in [1.54, 1.807) is 7.05 Å². The van der Waals surface area contributed by atoms with Gasteiger partial charge >= 0.3 is 0 Å². The van der Waals surface area contributed by atoms with Crippen molar-refractivity contribution in [2.45, 2.75) is 6.92 Å². The van der Waals surface area contributed by atoms with Crippen LogP contribution in [0, 0.1) is 6.92 Å². The number of benzene rings is 1. The molecule has 0 heterocycles. The van der Waals surface area contributed by atoms with E-state index in [4.69, 9.17) is 5.84 Å². The van der Waals surface area contributed by atoms with Crippen LogP contribution < -0.4 is 10.9 Å². The molecule has 0 aromatic heterocycles. The number of hydrazine groups is 1. The van der Waals surface area contributed by atoms with E-state index in [1.807, 2.05) is 25.1 Å². The van der Waals surface area contributed by atoms with Crippen molar-refractivity contribution in [3.05, 3.63) is 23.8 Å². The van der Waals surface area contributed by atoms with Crippen LogP contribution in [0.2, 0.25) is 0 Å². The Hall–Kier alpha value is -1.35. The summed E-state index contributed by atoms with van der Waals surface area (Å²) in [5.41, 5.74) is 2.83. The number of anilines is 1. The van der Waals surface area contributed by atoms with Gasteiger partial charge in [-0.15, -0.1) is 0 Å². The fraction of sp³-hybridized carbons (Fsp3) is 0.222. The first kappa shape index (κ1) is 8.74. The third-order valence-corrected chi connectivity index (χ3v) is 1.75. The van der Waals surface area contributed by atoms with E-state index in [-0.39, 0.29) is 0 Å². The van der Waals surface area contributed by atoms with E-state index in [2.05, 4.69) is 11.7 Å². The lowest BCUT2D eigenvalue weighted by molar-refractivity contribution is 1.01. The maximum Gasteiger partial charge on any atom is 0.0898 e. The molecule has 0 radical (unpaired) electrons. The van der Waals surface area contributed by atoms with E-state index in [9.17, 15) is 0 Å². The normalized spacial score (nSPS) is 9.58. The summed E-state index contributed by atoms with van der Waals surface area (Å²) >= 11 is 0. The second-order valence-corrected chi connectivity index (χ2v) is 2.71. The molecule has 1 aromatic rings. The van der Waals surface area contributed by atoms with E-state index in [0.29, 0.717) is 0 Å². The molecular formula is C9H13N3. The Bertz CT molecular complexity index is 292. The predicted molar refractivity (Wildman–Crippen MR) is 53.0 cm³/mol. The zero-order valence-corrected chi connectivity index (χ0v) is 7.41. The summed E-state index contributed by atoms with van der Waals surface area (Å²) in [7, 11) is 1.78. The standard InChI is InChI=1S/C9H13N3/c1-7-5-4-6-8(12(3)10)9(7)11-2/h4-6H,2,10H2,1,3H3. The van der Waals surface area contributed by atoms with Crippen molar-refractivity contribution >= 4 is 18.1 Å². The molecule has 1 rings (SSSR count). The monoisotopic (exact) mass is 163 g/mol. The van der Waals surface area contributed by atoms with Gasteiger partial charge in [-0.05, 0) is 25.3 Å². The highest BCUT2D eigenvalue weighted by Gasteiger charge is 2.04. The van der Waals surface area contributed by atoms with Crippen molar-refractivity contribution < 1.29 is 0 Å². The summed E-state index contributed by atoms with van der Waals surface area (Å²) in [5, 5.41) is 1.54. The van der Waals surface area contributed by atoms with Crippen LogP contribution in [0.1, 0.15) is 5.56 Å². The van der Waals surface area contributed by atoms with Gasteiger partial charge in [0.15, 0.2) is 0 Å². The van der Waals surface area contributed by atoms with Crippen LogP contribution in [-0.4, -0.2) is 13.8 Å². The summed E-state index contributed by atoms with van der Waals surface area (Å²) in [4.78, 5) is 3.92. The summed E-state index contributed by atoms with van der Waals surface area (Å²) in [6.07, 6.45) is 0. The highest BCUT2D eigenvalue weighted by molar-refractivity contribution is 5.71. The lowest BCUT2D eigenvalue weighted by Crippen LogP contribution is -2.25. The maximum absolute atomic E-state index is 5.60. The molecule has 0 saturated heterocycles. The molecule has 0 fully saturated rings. The number of rotatable bonds is 2. The highest BCUT2D eigenvalue weighted by Crippen LogP contribution is 2.29. The summed E-state index contributed by atoms with van der Waals surface area (Å²) in [6, 6.07) is 5.84. The van der Waals surface area contributed by atoms with Gasteiger partial charge in [-0.25, -0.2) is 5.84 Å². The van der Waals surface area contributed by atoms with Gasteiger partial charge in [0.1, 0.15) is 0 Å². The lowest BCUT2D eigenvalue weighted by Gasteiger charge is -2.15. The average Bonchev–Trinajstić information content (AvgIpc) is 2.03. The zero-order chi connectivity index (χ0) is 9.14. The topological polar surface area (TPSA) is 41.6 Å². The van der Waals surface area contributed by atoms with Gasteiger partial charge in [0, 0.05) is 7.05 Å². The fourth-order valence-corrected chi connectivity index (χ4v) is 1.13. The molecule has 0 spiro atoms. The van der Waals surface area contributed by atoms with Crippen LogP contribution in [0.4, 0.5) is 11.4 Å². The number of nitrogens with zero attached hydrogens (tertiary/aromatic N) is 2. The fourth-order valence-electron chi connectivity index (χ4n) is 1.13. The Morgan fingerprint density at radius 2 is 2.17 bits per heavy atom. The van der Waals surface area contributed by atoms with Gasteiger partial charge in [-0.2, -0.15) is 0 Å². The van der Waals surface area contributed by atoms with Crippen LogP contribution >= 0.6 is 0 Å². The largest absolute Gasteiger partial charge is 0.312 e. The maximum atomic E-state index is 5.60. The summed E-state index contributed by atoms with van der Waals surface area (Å²) in [5.74, 6) is 5.60. The zero-order valence-electron chi connectivity index (χ0n) is 7.41. The Balaban J connectivity index is 3.27. The van der Waals surface area contributed by atoms with Crippen LogP contribution in [0.15, 0.2) is 23.2 Å². The van der Waals surface area contributed by atoms with Crippen LogP contribution in [0.5, 0.6) is 0 Å². The Labute approximate surface area is 72.5 Å². The molecule has 0 amide bonds. The SMILES string of the molecule is C=Nc1c(C)cccc1N(C)N. The molecule has 0 aliphatic rings. The molecule has 0 unspecified atom stereocenters. The molecule has 0 bridgehead atoms. The van der Waals surface area contributed by atoms with Gasteiger partial charge in [-0.1, -0.05) is 12.1 Å². The van der Waals surface area contributed by atoms with E-state index >= 15 is 0 Å². The van der Waals surface area contributed by atoms with Gasteiger partial charge < -0.3 is 5.01 Å². The minimum atomic E-state index is 0.850. The van der Waals surface area contributed by atoms with Crippen molar-refractivity contribution in [2.75, 3.05) is 12.1 Å². The number of aryl methyl sites for hydroxylation is 1. The first-order valence-corrected chi connectivity index (χ1v) is 3.71. The summed E-state index contributed by atoms with van der Waals surface area (Å²) < 4.78 is 0. The molecule has 0 aliphatic heterocycles. The van der Waals surface area contributed by atoms with E-state index in [0.717, 1.165) is 16.9 Å². The van der Waals surface area contributed by atoms with E-state index < -0.39 is 0 Å². The second kappa shape index (κ2) is 3.36. The van der Waals surface area contributed by atoms with Crippen molar-refractivity contribution in [1.82, 2.24) is 0 Å². The van der Waals surface area contributed by atoms with Crippen LogP contribution in [-0.2, 0) is 0 Å². The average molecular weight is 163 g/mol. The minimum absolute atomic E-state index is 0.850. The smallest absolute Gasteiger partial charge is 0.0898 e. The number of para-hydroxylation sites is 1. The van der Waals surface area contributed by atoms with Crippen molar-refractivity contribution in [3.63, 3.8) is 0 Å². The Kier molecular flexibility index (Phi) is 2.45. The highest BCUT2D eigenvalue weighted by atomic mass is 15.4. The number of aliphatic imine (C=N–C) groups is 1. The molecule has 3 nitrogen and oxygen atoms in total. The quantitative estimate of drug-likeness (QED) is 0.409. The summed E-state index contributed by atoms with van der Waals surface area (Å²) in [6.45, 7) is 5.49. The van der Waals surface area contributed by atoms with Crippen molar-refractivity contribution in [1.29, 1.82) is 0 Å². The van der Waals surface area contributed by atoms with Crippen LogP contribution in [0.25, 0.3) is 0 Å². The molecule has 3 heteroatoms. The molecule has 12 heavy (non-hydrogen) atoms. The lowest BCUT2D eigenvalue weighted by atomic mass is 10.1. The van der Waals surface area contributed by atoms with Gasteiger partial charge in [0.25, 0.3) is 0 Å². The predicted octanol–water partition coefficient (Wildman–Crippen LogP) is 1.64. The molecule has 64 valence electrons. The van der Waals surface area contributed by atoms with Gasteiger partial charge in [0.2, 0.25) is 0 Å².